The van der Waals surface area contributed by atoms with E-state index in [0.717, 1.165) is 16.7 Å². The Morgan fingerprint density at radius 2 is 1.50 bits per heavy atom. The first-order chi connectivity index (χ1) is 13.6. The minimum atomic E-state index is -0.463. The number of halogens is 1. The molecular formula is C23H20ClNO3. The third kappa shape index (κ3) is 5.96. The highest BCUT2D eigenvalue weighted by Crippen LogP contribution is 2.19. The van der Waals surface area contributed by atoms with Crippen LogP contribution in [0.25, 0.3) is 0 Å². The van der Waals surface area contributed by atoms with Crippen LogP contribution < -0.4 is 5.32 Å². The number of hydrogen-bond donors (Lipinski definition) is 1. The lowest BCUT2D eigenvalue weighted by molar-refractivity contribution is -0.146. The first-order valence-electron chi connectivity index (χ1n) is 8.92. The van der Waals surface area contributed by atoms with Gasteiger partial charge in [0.05, 0.1) is 6.42 Å². The van der Waals surface area contributed by atoms with Crippen molar-refractivity contribution < 1.29 is 14.3 Å². The summed E-state index contributed by atoms with van der Waals surface area (Å²) in [5.41, 5.74) is 3.64. The summed E-state index contributed by atoms with van der Waals surface area (Å²) in [6.45, 7) is -0.327. The molecule has 3 aromatic rings. The molecule has 5 heteroatoms. The van der Waals surface area contributed by atoms with E-state index < -0.39 is 5.97 Å². The number of anilines is 1. The molecule has 3 aromatic carbocycles. The van der Waals surface area contributed by atoms with E-state index in [4.69, 9.17) is 16.3 Å². The van der Waals surface area contributed by atoms with Crippen LogP contribution in [0.2, 0.25) is 5.02 Å². The number of ether oxygens (including phenoxy) is 1. The summed E-state index contributed by atoms with van der Waals surface area (Å²) in [6.07, 6.45) is 0.794. The number of benzene rings is 3. The molecule has 4 nitrogen and oxygen atoms in total. The monoisotopic (exact) mass is 393 g/mol. The van der Waals surface area contributed by atoms with Crippen LogP contribution in [0.5, 0.6) is 0 Å². The Kier molecular flexibility index (Phi) is 6.82. The van der Waals surface area contributed by atoms with Gasteiger partial charge in [0, 0.05) is 10.7 Å². The molecule has 0 heterocycles. The minimum Gasteiger partial charge on any atom is -0.455 e. The molecule has 0 radical (unpaired) electrons. The molecule has 28 heavy (non-hydrogen) atoms. The number of rotatable bonds is 7. The van der Waals surface area contributed by atoms with E-state index in [-0.39, 0.29) is 18.9 Å². The number of para-hydroxylation sites is 1. The maximum absolute atomic E-state index is 12.2. The summed E-state index contributed by atoms with van der Waals surface area (Å²) in [5.74, 6) is -0.833. The summed E-state index contributed by atoms with van der Waals surface area (Å²) in [6, 6.07) is 24.5. The smallest absolute Gasteiger partial charge is 0.310 e. The average molecular weight is 394 g/mol. The van der Waals surface area contributed by atoms with Gasteiger partial charge in [0.1, 0.15) is 0 Å². The van der Waals surface area contributed by atoms with E-state index in [1.807, 2.05) is 54.6 Å². The maximum atomic E-state index is 12.2. The van der Waals surface area contributed by atoms with Gasteiger partial charge in [-0.1, -0.05) is 72.3 Å². The summed E-state index contributed by atoms with van der Waals surface area (Å²) in [5, 5.41) is 3.43. The standard InChI is InChI=1S/C23H20ClNO3/c24-20-12-10-18(11-13-20)15-23(27)28-16-22(26)25-21-9-5-4-8-19(21)14-17-6-2-1-3-7-17/h1-13H,14-16H2,(H,25,26). The molecule has 0 spiro atoms. The summed E-state index contributed by atoms with van der Waals surface area (Å²) < 4.78 is 5.08. The van der Waals surface area contributed by atoms with Crippen LogP contribution in [0.1, 0.15) is 16.7 Å². The normalized spacial score (nSPS) is 10.3. The van der Waals surface area contributed by atoms with Crippen molar-refractivity contribution in [2.24, 2.45) is 0 Å². The Labute approximate surface area is 169 Å². The van der Waals surface area contributed by atoms with Crippen LogP contribution in [0, 0.1) is 0 Å². The fourth-order valence-corrected chi connectivity index (χ4v) is 2.89. The Hall–Kier alpha value is -3.11. The van der Waals surface area contributed by atoms with Crippen LogP contribution in [0.3, 0.4) is 0 Å². The zero-order valence-corrected chi connectivity index (χ0v) is 16.0. The second-order valence-corrected chi connectivity index (χ2v) is 6.77. The van der Waals surface area contributed by atoms with Gasteiger partial charge in [0.25, 0.3) is 5.91 Å². The van der Waals surface area contributed by atoms with E-state index >= 15 is 0 Å². The van der Waals surface area contributed by atoms with Crippen molar-refractivity contribution in [1.29, 1.82) is 0 Å². The van der Waals surface area contributed by atoms with Gasteiger partial charge in [-0.05, 0) is 41.3 Å². The molecule has 0 saturated heterocycles. The van der Waals surface area contributed by atoms with Gasteiger partial charge < -0.3 is 10.1 Å². The van der Waals surface area contributed by atoms with Crippen LogP contribution in [-0.4, -0.2) is 18.5 Å². The molecule has 0 unspecified atom stereocenters. The number of amides is 1. The van der Waals surface area contributed by atoms with Crippen molar-refractivity contribution in [3.05, 3.63) is 101 Å². The van der Waals surface area contributed by atoms with Crippen molar-refractivity contribution in [2.75, 3.05) is 11.9 Å². The van der Waals surface area contributed by atoms with Gasteiger partial charge in [-0.2, -0.15) is 0 Å². The second kappa shape index (κ2) is 9.72. The number of carbonyl (C=O) groups excluding carboxylic acids is 2. The third-order valence-corrected chi connectivity index (χ3v) is 4.41. The Morgan fingerprint density at radius 3 is 2.25 bits per heavy atom. The van der Waals surface area contributed by atoms with Crippen LogP contribution in [0.4, 0.5) is 5.69 Å². The molecule has 0 saturated carbocycles. The van der Waals surface area contributed by atoms with Gasteiger partial charge in [-0.3, -0.25) is 9.59 Å². The highest BCUT2D eigenvalue weighted by molar-refractivity contribution is 6.30. The van der Waals surface area contributed by atoms with Gasteiger partial charge in [-0.15, -0.1) is 0 Å². The van der Waals surface area contributed by atoms with Crippen molar-refractivity contribution in [2.45, 2.75) is 12.8 Å². The van der Waals surface area contributed by atoms with Gasteiger partial charge in [-0.25, -0.2) is 0 Å². The molecule has 3 rings (SSSR count). The van der Waals surface area contributed by atoms with Crippen molar-refractivity contribution in [3.63, 3.8) is 0 Å². The number of nitrogens with one attached hydrogen (secondary N) is 1. The summed E-state index contributed by atoms with van der Waals surface area (Å²) in [4.78, 5) is 24.1. The first kappa shape index (κ1) is 19.6. The van der Waals surface area contributed by atoms with Gasteiger partial charge >= 0.3 is 5.97 Å². The lowest BCUT2D eigenvalue weighted by atomic mass is 10.0. The molecule has 0 fully saturated rings. The van der Waals surface area contributed by atoms with Crippen LogP contribution >= 0.6 is 11.6 Å². The number of esters is 1. The molecule has 0 aliphatic heterocycles. The molecular weight excluding hydrogens is 374 g/mol. The zero-order chi connectivity index (χ0) is 19.8. The van der Waals surface area contributed by atoms with Crippen molar-refractivity contribution >= 4 is 29.2 Å². The molecule has 142 valence electrons. The van der Waals surface area contributed by atoms with Gasteiger partial charge in [0.15, 0.2) is 6.61 Å². The summed E-state index contributed by atoms with van der Waals surface area (Å²) >= 11 is 5.82. The SMILES string of the molecule is O=C(COC(=O)Cc1ccc(Cl)cc1)Nc1ccccc1Cc1ccccc1. The lowest BCUT2D eigenvalue weighted by Gasteiger charge is -2.11. The average Bonchev–Trinajstić information content (AvgIpc) is 2.70. The molecule has 0 aromatic heterocycles. The fourth-order valence-electron chi connectivity index (χ4n) is 2.76. The second-order valence-electron chi connectivity index (χ2n) is 6.33. The lowest BCUT2D eigenvalue weighted by Crippen LogP contribution is -2.22. The molecule has 0 bridgehead atoms. The van der Waals surface area contributed by atoms with E-state index in [2.05, 4.69) is 5.32 Å². The maximum Gasteiger partial charge on any atom is 0.310 e. The molecule has 0 aliphatic carbocycles. The van der Waals surface area contributed by atoms with Gasteiger partial charge in [0.2, 0.25) is 0 Å². The molecule has 0 aliphatic rings. The third-order valence-electron chi connectivity index (χ3n) is 4.15. The van der Waals surface area contributed by atoms with E-state index in [1.165, 1.54) is 0 Å². The van der Waals surface area contributed by atoms with Crippen molar-refractivity contribution in [3.8, 4) is 0 Å². The number of carbonyl (C=O) groups is 2. The van der Waals surface area contributed by atoms with E-state index in [0.29, 0.717) is 17.1 Å². The first-order valence-corrected chi connectivity index (χ1v) is 9.30. The largest absolute Gasteiger partial charge is 0.455 e. The highest BCUT2D eigenvalue weighted by Gasteiger charge is 2.11. The van der Waals surface area contributed by atoms with E-state index in [1.54, 1.807) is 24.3 Å². The molecule has 1 N–H and O–H groups in total. The minimum absolute atomic E-state index is 0.0923. The highest BCUT2D eigenvalue weighted by atomic mass is 35.5. The Morgan fingerprint density at radius 1 is 0.821 bits per heavy atom. The quantitative estimate of drug-likeness (QED) is 0.594. The predicted octanol–water partition coefficient (Wildman–Crippen LogP) is 4.66. The van der Waals surface area contributed by atoms with E-state index in [9.17, 15) is 9.59 Å². The van der Waals surface area contributed by atoms with Crippen LogP contribution in [0.15, 0.2) is 78.9 Å². The summed E-state index contributed by atoms with van der Waals surface area (Å²) in [7, 11) is 0. The zero-order valence-electron chi connectivity index (χ0n) is 15.2. The fraction of sp³-hybridized carbons (Fsp3) is 0.130. The van der Waals surface area contributed by atoms with Crippen LogP contribution in [-0.2, 0) is 27.2 Å². The Bertz CT molecular complexity index is 940. The molecule has 0 atom stereocenters. The van der Waals surface area contributed by atoms with Crippen molar-refractivity contribution in [1.82, 2.24) is 0 Å². The number of hydrogen-bond acceptors (Lipinski definition) is 3. The Balaban J connectivity index is 1.53. The predicted molar refractivity (Wildman–Crippen MR) is 110 cm³/mol. The topological polar surface area (TPSA) is 55.4 Å². The molecule has 1 amide bonds.